The fraction of sp³-hybridized carbons (Fsp3) is 0.182. The van der Waals surface area contributed by atoms with Crippen molar-refractivity contribution in [1.82, 2.24) is 10.3 Å². The number of amides is 1. The van der Waals surface area contributed by atoms with Crippen LogP contribution < -0.4 is 14.8 Å². The molecule has 0 fully saturated rings. The second-order valence-electron chi connectivity index (χ2n) is 6.85. The quantitative estimate of drug-likeness (QED) is 0.540. The molecule has 1 amide bonds. The van der Waals surface area contributed by atoms with Gasteiger partial charge in [0.2, 0.25) is 5.88 Å². The highest BCUT2D eigenvalue weighted by atomic mass is 32.2. The molecule has 0 unspecified atom stereocenters. The van der Waals surface area contributed by atoms with Crippen molar-refractivity contribution in [1.29, 1.82) is 0 Å². The Bertz CT molecular complexity index is 1130. The van der Waals surface area contributed by atoms with Crippen molar-refractivity contribution in [3.05, 3.63) is 78.2 Å². The van der Waals surface area contributed by atoms with Crippen molar-refractivity contribution >= 4 is 21.6 Å². The van der Waals surface area contributed by atoms with E-state index >= 15 is 0 Å². The topological polar surface area (TPSA) is 97.4 Å². The average molecular weight is 444 g/mol. The zero-order valence-electron chi connectivity index (χ0n) is 17.0. The van der Waals surface area contributed by atoms with Crippen LogP contribution in [0.5, 0.6) is 11.6 Å². The number of ether oxygens (including phenoxy) is 1. The van der Waals surface area contributed by atoms with Crippen LogP contribution in [0.25, 0.3) is 0 Å². The summed E-state index contributed by atoms with van der Waals surface area (Å²) in [7, 11) is -3.83. The summed E-state index contributed by atoms with van der Waals surface area (Å²) in [5, 5.41) is 2.86. The zero-order chi connectivity index (χ0) is 22.4. The first-order valence-electron chi connectivity index (χ1n) is 9.60. The Morgan fingerprint density at radius 1 is 1.06 bits per heavy atom. The molecular weight excluding hydrogens is 421 g/mol. The van der Waals surface area contributed by atoms with Gasteiger partial charge < -0.3 is 10.1 Å². The lowest BCUT2D eigenvalue weighted by Crippen LogP contribution is -2.31. The van der Waals surface area contributed by atoms with E-state index in [0.717, 1.165) is 18.6 Å². The van der Waals surface area contributed by atoms with Crippen LogP contribution in [0.3, 0.4) is 0 Å². The van der Waals surface area contributed by atoms with Crippen LogP contribution in [0, 0.1) is 5.82 Å². The molecule has 0 saturated carbocycles. The molecule has 3 rings (SSSR count). The molecule has 1 aromatic heterocycles. The molecule has 0 aliphatic rings. The van der Waals surface area contributed by atoms with E-state index in [1.54, 1.807) is 24.3 Å². The minimum atomic E-state index is -3.83. The number of benzene rings is 2. The van der Waals surface area contributed by atoms with Crippen LogP contribution >= 0.6 is 0 Å². The van der Waals surface area contributed by atoms with Gasteiger partial charge in [0.1, 0.15) is 11.6 Å². The van der Waals surface area contributed by atoms with E-state index in [2.05, 4.69) is 15.0 Å². The van der Waals surface area contributed by atoms with Gasteiger partial charge in [-0.3, -0.25) is 9.52 Å². The van der Waals surface area contributed by atoms with E-state index in [-0.39, 0.29) is 16.8 Å². The predicted octanol–water partition coefficient (Wildman–Crippen LogP) is 4.34. The fourth-order valence-electron chi connectivity index (χ4n) is 2.52. The van der Waals surface area contributed by atoms with Gasteiger partial charge in [-0.2, -0.15) is 0 Å². The summed E-state index contributed by atoms with van der Waals surface area (Å²) in [5.41, 5.74) is 0.750. The highest BCUT2D eigenvalue weighted by Gasteiger charge is 2.14. The van der Waals surface area contributed by atoms with Gasteiger partial charge >= 0.3 is 0 Å². The van der Waals surface area contributed by atoms with Crippen molar-refractivity contribution < 1.29 is 22.3 Å². The first-order chi connectivity index (χ1) is 14.8. The number of anilines is 1. The van der Waals surface area contributed by atoms with E-state index in [4.69, 9.17) is 4.74 Å². The van der Waals surface area contributed by atoms with E-state index in [0.29, 0.717) is 22.9 Å². The maximum absolute atomic E-state index is 13.0. The highest BCUT2D eigenvalue weighted by Crippen LogP contribution is 2.23. The second kappa shape index (κ2) is 9.57. The van der Waals surface area contributed by atoms with Crippen LogP contribution in [0.1, 0.15) is 30.6 Å². The second-order valence-corrected chi connectivity index (χ2v) is 8.54. The Hall–Kier alpha value is -3.46. The van der Waals surface area contributed by atoms with Crippen LogP contribution in [0.2, 0.25) is 0 Å². The lowest BCUT2D eigenvalue weighted by Gasteiger charge is -2.11. The number of hydrogen-bond acceptors (Lipinski definition) is 5. The molecule has 9 heteroatoms. The number of nitrogens with one attached hydrogen (secondary N) is 2. The Morgan fingerprint density at radius 2 is 1.74 bits per heavy atom. The smallest absolute Gasteiger partial charge is 0.261 e. The number of halogens is 1. The number of aromatic nitrogens is 1. The number of rotatable bonds is 8. The van der Waals surface area contributed by atoms with E-state index in [1.165, 1.54) is 30.5 Å². The molecule has 0 saturated heterocycles. The first kappa shape index (κ1) is 22.2. The Labute approximate surface area is 180 Å². The molecule has 31 heavy (non-hydrogen) atoms. The van der Waals surface area contributed by atoms with Gasteiger partial charge in [-0.25, -0.2) is 17.8 Å². The van der Waals surface area contributed by atoms with Crippen LogP contribution in [-0.2, 0) is 10.0 Å². The fourth-order valence-corrected chi connectivity index (χ4v) is 3.58. The third-order valence-electron chi connectivity index (χ3n) is 4.44. The van der Waals surface area contributed by atoms with Crippen molar-refractivity contribution in [2.75, 3.05) is 4.72 Å². The summed E-state index contributed by atoms with van der Waals surface area (Å²) in [6.07, 6.45) is 2.26. The SMILES string of the molecule is CC[C@H](C)NC(=O)c1ccc(Oc2ccc(NS(=O)(=O)c3ccc(F)cc3)cc2)nc1. The number of pyridine rings is 1. The molecule has 1 atom stereocenters. The van der Waals surface area contributed by atoms with Gasteiger partial charge in [0.25, 0.3) is 15.9 Å². The molecule has 7 nitrogen and oxygen atoms in total. The Morgan fingerprint density at radius 3 is 2.32 bits per heavy atom. The van der Waals surface area contributed by atoms with Gasteiger partial charge in [0, 0.05) is 24.0 Å². The molecule has 0 bridgehead atoms. The standard InChI is InChI=1S/C22H22FN3O4S/c1-3-15(2)25-22(27)16-4-13-21(24-14-16)30-19-9-7-18(8-10-19)26-31(28,29)20-11-5-17(23)6-12-20/h4-15,26H,3H2,1-2H3,(H,25,27)/t15-/m0/s1. The third kappa shape index (κ3) is 6.02. The summed E-state index contributed by atoms with van der Waals surface area (Å²) in [6, 6.07) is 14.0. The summed E-state index contributed by atoms with van der Waals surface area (Å²) in [5.74, 6) is 0.0122. The average Bonchev–Trinajstić information content (AvgIpc) is 2.75. The van der Waals surface area contributed by atoms with Crippen LogP contribution in [0.4, 0.5) is 10.1 Å². The summed E-state index contributed by atoms with van der Waals surface area (Å²) < 4.78 is 45.8. The van der Waals surface area contributed by atoms with Crippen LogP contribution in [-0.4, -0.2) is 25.4 Å². The van der Waals surface area contributed by atoms with Crippen molar-refractivity contribution in [3.8, 4) is 11.6 Å². The summed E-state index contributed by atoms with van der Waals surface area (Å²) >= 11 is 0. The van der Waals surface area contributed by atoms with Crippen molar-refractivity contribution in [2.45, 2.75) is 31.2 Å². The maximum Gasteiger partial charge on any atom is 0.261 e. The van der Waals surface area contributed by atoms with Crippen molar-refractivity contribution in [3.63, 3.8) is 0 Å². The van der Waals surface area contributed by atoms with Gasteiger partial charge in [-0.05, 0) is 67.9 Å². The molecule has 3 aromatic rings. The minimum absolute atomic E-state index is 0.0455. The molecule has 0 aliphatic carbocycles. The number of carbonyl (C=O) groups is 1. The molecule has 1 heterocycles. The Balaban J connectivity index is 1.63. The molecule has 2 aromatic carbocycles. The molecule has 0 aliphatic heterocycles. The predicted molar refractivity (Wildman–Crippen MR) is 115 cm³/mol. The van der Waals surface area contributed by atoms with E-state index in [1.807, 2.05) is 13.8 Å². The van der Waals surface area contributed by atoms with Gasteiger partial charge in [-0.15, -0.1) is 0 Å². The maximum atomic E-state index is 13.0. The lowest BCUT2D eigenvalue weighted by molar-refractivity contribution is 0.0939. The number of hydrogen-bond donors (Lipinski definition) is 2. The summed E-state index contributed by atoms with van der Waals surface area (Å²) in [6.45, 7) is 3.91. The van der Waals surface area contributed by atoms with Crippen LogP contribution in [0.15, 0.2) is 71.8 Å². The third-order valence-corrected chi connectivity index (χ3v) is 5.84. The lowest BCUT2D eigenvalue weighted by atomic mass is 10.2. The number of carbonyl (C=O) groups excluding carboxylic acids is 1. The molecule has 2 N–H and O–H groups in total. The van der Waals surface area contributed by atoms with E-state index < -0.39 is 15.8 Å². The number of nitrogens with zero attached hydrogens (tertiary/aromatic N) is 1. The zero-order valence-corrected chi connectivity index (χ0v) is 17.8. The summed E-state index contributed by atoms with van der Waals surface area (Å²) in [4.78, 5) is 16.2. The first-order valence-corrected chi connectivity index (χ1v) is 11.1. The largest absolute Gasteiger partial charge is 0.439 e. The van der Waals surface area contributed by atoms with Gasteiger partial charge in [0.05, 0.1) is 10.5 Å². The monoisotopic (exact) mass is 443 g/mol. The molecule has 162 valence electrons. The molecule has 0 spiro atoms. The molecular formula is C22H22FN3O4S. The van der Waals surface area contributed by atoms with Gasteiger partial charge in [-0.1, -0.05) is 6.92 Å². The number of sulfonamides is 1. The van der Waals surface area contributed by atoms with Crippen molar-refractivity contribution in [2.24, 2.45) is 0 Å². The highest BCUT2D eigenvalue weighted by molar-refractivity contribution is 7.92. The molecule has 0 radical (unpaired) electrons. The Kier molecular flexibility index (Phi) is 6.86. The van der Waals surface area contributed by atoms with Gasteiger partial charge in [0.15, 0.2) is 0 Å². The normalized spacial score (nSPS) is 12.1. The minimum Gasteiger partial charge on any atom is -0.439 e. The van der Waals surface area contributed by atoms with E-state index in [9.17, 15) is 17.6 Å².